The van der Waals surface area contributed by atoms with Crippen molar-refractivity contribution in [2.24, 2.45) is 0 Å². The maximum Gasteiger partial charge on any atom is 0.294 e. The molecular formula is C14H14ClN3O4S. The molecule has 0 spiro atoms. The van der Waals surface area contributed by atoms with Crippen LogP contribution in [-0.4, -0.2) is 27.4 Å². The van der Waals surface area contributed by atoms with Crippen LogP contribution in [0, 0.1) is 10.1 Å². The van der Waals surface area contributed by atoms with Crippen molar-refractivity contribution in [3.8, 4) is 0 Å². The monoisotopic (exact) mass is 355 g/mol. The number of nitrogens with one attached hydrogen (secondary N) is 1. The van der Waals surface area contributed by atoms with Gasteiger partial charge in [0.05, 0.1) is 9.82 Å². The van der Waals surface area contributed by atoms with Gasteiger partial charge in [-0.1, -0.05) is 17.7 Å². The number of hydrogen-bond donors (Lipinski definition) is 1. The average Bonchev–Trinajstić information content (AvgIpc) is 2.48. The summed E-state index contributed by atoms with van der Waals surface area (Å²) in [4.78, 5) is 12.1. The first-order valence-electron chi connectivity index (χ1n) is 6.45. The Morgan fingerprint density at radius 1 is 1.17 bits per heavy atom. The van der Waals surface area contributed by atoms with Crippen LogP contribution in [0.15, 0.2) is 47.4 Å². The number of rotatable bonds is 5. The minimum Gasteiger partial charge on any atom is -0.378 e. The molecule has 0 bridgehead atoms. The molecule has 0 aliphatic carbocycles. The highest BCUT2D eigenvalue weighted by Crippen LogP contribution is 2.30. The lowest BCUT2D eigenvalue weighted by Gasteiger charge is -2.14. The normalized spacial score (nSPS) is 11.1. The number of nitro groups is 1. The second-order valence-electron chi connectivity index (χ2n) is 4.92. The van der Waals surface area contributed by atoms with Crippen LogP contribution in [-0.2, 0) is 10.0 Å². The molecule has 23 heavy (non-hydrogen) atoms. The van der Waals surface area contributed by atoms with E-state index in [0.717, 1.165) is 6.07 Å². The van der Waals surface area contributed by atoms with E-state index in [0.29, 0.717) is 5.69 Å². The van der Waals surface area contributed by atoms with Crippen LogP contribution in [0.3, 0.4) is 0 Å². The van der Waals surface area contributed by atoms with E-state index in [1.54, 1.807) is 31.1 Å². The van der Waals surface area contributed by atoms with Crippen molar-refractivity contribution in [3.05, 3.63) is 57.6 Å². The number of sulfonamides is 1. The minimum absolute atomic E-state index is 0.00736. The highest BCUT2D eigenvalue weighted by Gasteiger charge is 2.21. The van der Waals surface area contributed by atoms with Crippen molar-refractivity contribution in [1.29, 1.82) is 0 Å². The molecule has 0 saturated carbocycles. The van der Waals surface area contributed by atoms with Gasteiger partial charge in [0.2, 0.25) is 0 Å². The summed E-state index contributed by atoms with van der Waals surface area (Å²) in [5.74, 6) is 0. The third-order valence-corrected chi connectivity index (χ3v) is 4.64. The fraction of sp³-hybridized carbons (Fsp3) is 0.143. The Labute approximate surface area is 138 Å². The van der Waals surface area contributed by atoms with Gasteiger partial charge < -0.3 is 4.90 Å². The molecule has 0 amide bonds. The molecule has 2 aromatic rings. The van der Waals surface area contributed by atoms with Gasteiger partial charge in [0.15, 0.2) is 0 Å². The molecule has 0 unspecified atom stereocenters. The minimum atomic E-state index is -3.96. The second-order valence-corrected chi connectivity index (χ2v) is 7.03. The molecule has 0 aliphatic heterocycles. The fourth-order valence-corrected chi connectivity index (χ4v) is 3.15. The van der Waals surface area contributed by atoms with E-state index in [2.05, 4.69) is 4.72 Å². The largest absolute Gasteiger partial charge is 0.378 e. The molecule has 9 heteroatoms. The number of nitrogens with zero attached hydrogens (tertiary/aromatic N) is 2. The van der Waals surface area contributed by atoms with Crippen LogP contribution in [0.25, 0.3) is 0 Å². The van der Waals surface area contributed by atoms with Crippen molar-refractivity contribution < 1.29 is 13.3 Å². The summed E-state index contributed by atoms with van der Waals surface area (Å²) in [5.41, 5.74) is 0.137. The highest BCUT2D eigenvalue weighted by atomic mass is 35.5. The molecule has 0 aliphatic rings. The van der Waals surface area contributed by atoms with Crippen LogP contribution in [0.2, 0.25) is 5.02 Å². The van der Waals surface area contributed by atoms with Gasteiger partial charge in [-0.2, -0.15) is 0 Å². The number of halogens is 1. The van der Waals surface area contributed by atoms with Crippen LogP contribution >= 0.6 is 11.6 Å². The average molecular weight is 356 g/mol. The summed E-state index contributed by atoms with van der Waals surface area (Å²) in [6, 6.07) is 9.97. The number of hydrogen-bond acceptors (Lipinski definition) is 5. The van der Waals surface area contributed by atoms with Gasteiger partial charge >= 0.3 is 0 Å². The Bertz CT molecular complexity index is 853. The number of anilines is 2. The zero-order valence-corrected chi connectivity index (χ0v) is 13.9. The fourth-order valence-electron chi connectivity index (χ4n) is 1.87. The summed E-state index contributed by atoms with van der Waals surface area (Å²) in [7, 11) is -0.401. The van der Waals surface area contributed by atoms with Gasteiger partial charge in [0, 0.05) is 30.9 Å². The van der Waals surface area contributed by atoms with Crippen molar-refractivity contribution >= 4 is 38.7 Å². The van der Waals surface area contributed by atoms with Gasteiger partial charge in [-0.25, -0.2) is 8.42 Å². The summed E-state index contributed by atoms with van der Waals surface area (Å²) in [6.45, 7) is 0. The first kappa shape index (κ1) is 17.0. The summed E-state index contributed by atoms with van der Waals surface area (Å²) >= 11 is 5.72. The van der Waals surface area contributed by atoms with Crippen molar-refractivity contribution in [2.75, 3.05) is 23.7 Å². The lowest BCUT2D eigenvalue weighted by molar-refractivity contribution is -0.383. The Hall–Kier alpha value is -2.32. The maximum absolute atomic E-state index is 12.5. The number of benzene rings is 2. The van der Waals surface area contributed by atoms with E-state index in [-0.39, 0.29) is 15.6 Å². The first-order valence-corrected chi connectivity index (χ1v) is 8.31. The molecule has 0 aromatic heterocycles. The van der Waals surface area contributed by atoms with E-state index in [4.69, 9.17) is 11.6 Å². The molecule has 0 fully saturated rings. The van der Waals surface area contributed by atoms with E-state index < -0.39 is 20.6 Å². The van der Waals surface area contributed by atoms with Crippen LogP contribution in [0.1, 0.15) is 0 Å². The molecule has 122 valence electrons. The SMILES string of the molecule is CN(C)c1cccc(S(=O)(=O)Nc2ccc(Cl)cc2[N+](=O)[O-])c1. The Balaban J connectivity index is 2.43. The molecule has 0 radical (unpaired) electrons. The van der Waals surface area contributed by atoms with Crippen molar-refractivity contribution in [1.82, 2.24) is 0 Å². The molecule has 0 saturated heterocycles. The molecule has 7 nitrogen and oxygen atoms in total. The molecular weight excluding hydrogens is 342 g/mol. The molecule has 1 N–H and O–H groups in total. The molecule has 2 aromatic carbocycles. The maximum atomic E-state index is 12.5. The molecule has 2 rings (SSSR count). The van der Waals surface area contributed by atoms with Gasteiger partial charge in [-0.05, 0) is 30.3 Å². The van der Waals surface area contributed by atoms with Gasteiger partial charge in [-0.15, -0.1) is 0 Å². The first-order chi connectivity index (χ1) is 10.7. The zero-order chi connectivity index (χ0) is 17.2. The Morgan fingerprint density at radius 3 is 2.48 bits per heavy atom. The number of nitro benzene ring substituents is 1. The Kier molecular flexibility index (Phi) is 4.76. The highest BCUT2D eigenvalue weighted by molar-refractivity contribution is 7.92. The van der Waals surface area contributed by atoms with Gasteiger partial charge in [-0.3, -0.25) is 14.8 Å². The van der Waals surface area contributed by atoms with Crippen LogP contribution < -0.4 is 9.62 Å². The summed E-state index contributed by atoms with van der Waals surface area (Å²) in [5, 5.41) is 11.2. The second kappa shape index (κ2) is 6.43. The lowest BCUT2D eigenvalue weighted by atomic mass is 10.3. The standard InChI is InChI=1S/C14H14ClN3O4S/c1-17(2)11-4-3-5-12(9-11)23(21,22)16-13-7-6-10(15)8-14(13)18(19)20/h3-9,16H,1-2H3. The van der Waals surface area contributed by atoms with E-state index >= 15 is 0 Å². The molecule has 0 heterocycles. The predicted octanol–water partition coefficient (Wildman–Crippen LogP) is 3.12. The van der Waals surface area contributed by atoms with Crippen molar-refractivity contribution in [2.45, 2.75) is 4.90 Å². The third-order valence-electron chi connectivity index (χ3n) is 3.05. The summed E-state index contributed by atoms with van der Waals surface area (Å²) in [6.07, 6.45) is 0. The van der Waals surface area contributed by atoms with E-state index in [1.165, 1.54) is 24.3 Å². The van der Waals surface area contributed by atoms with Gasteiger partial charge in [0.1, 0.15) is 5.69 Å². The van der Waals surface area contributed by atoms with Crippen LogP contribution in [0.5, 0.6) is 0 Å². The topological polar surface area (TPSA) is 92.6 Å². The van der Waals surface area contributed by atoms with Crippen molar-refractivity contribution in [3.63, 3.8) is 0 Å². The van der Waals surface area contributed by atoms with Crippen LogP contribution in [0.4, 0.5) is 17.1 Å². The van der Waals surface area contributed by atoms with E-state index in [9.17, 15) is 18.5 Å². The predicted molar refractivity (Wildman–Crippen MR) is 89.7 cm³/mol. The summed E-state index contributed by atoms with van der Waals surface area (Å²) < 4.78 is 27.1. The van der Waals surface area contributed by atoms with Gasteiger partial charge in [0.25, 0.3) is 15.7 Å². The zero-order valence-electron chi connectivity index (χ0n) is 12.4. The smallest absolute Gasteiger partial charge is 0.294 e. The lowest BCUT2D eigenvalue weighted by Crippen LogP contribution is -2.15. The third kappa shape index (κ3) is 3.91. The Morgan fingerprint density at radius 2 is 1.87 bits per heavy atom. The van der Waals surface area contributed by atoms with E-state index in [1.807, 2.05) is 0 Å². The quantitative estimate of drug-likeness (QED) is 0.657. The molecule has 0 atom stereocenters.